The van der Waals surface area contributed by atoms with Crippen molar-refractivity contribution in [3.05, 3.63) is 0 Å². The normalized spacial score (nSPS) is 62.2. The second kappa shape index (κ2) is 1.97. The predicted octanol–water partition coefficient (Wildman–Crippen LogP) is -0.0945. The van der Waals surface area contributed by atoms with Crippen LogP contribution in [0, 0.1) is 5.92 Å². The Morgan fingerprint density at radius 2 is 2.09 bits per heavy atom. The fourth-order valence-electron chi connectivity index (χ4n) is 1.92. The van der Waals surface area contributed by atoms with Gasteiger partial charge in [0.1, 0.15) is 0 Å². The summed E-state index contributed by atoms with van der Waals surface area (Å²) in [6.07, 6.45) is 0.0303. The van der Waals surface area contributed by atoms with E-state index in [1.807, 2.05) is 13.8 Å². The van der Waals surface area contributed by atoms with Crippen LogP contribution in [0.3, 0.4) is 0 Å². The highest BCUT2D eigenvalue weighted by molar-refractivity contribution is 5.13. The lowest BCUT2D eigenvalue weighted by Gasteiger charge is -2.34. The molecule has 2 aliphatic rings. The van der Waals surface area contributed by atoms with E-state index in [1.54, 1.807) is 0 Å². The minimum atomic E-state index is -0.716. The molecular formula is C8H14O3. The Morgan fingerprint density at radius 3 is 2.73 bits per heavy atom. The van der Waals surface area contributed by atoms with Crippen LogP contribution in [-0.2, 0) is 4.74 Å². The molecule has 3 heteroatoms. The molecule has 64 valence electrons. The third kappa shape index (κ3) is 0.849. The molecule has 11 heavy (non-hydrogen) atoms. The molecule has 2 N–H and O–H groups in total. The number of aliphatic hydroxyl groups is 2. The molecule has 1 aliphatic heterocycles. The number of fused-ring (bicyclic) bond motifs is 1. The van der Waals surface area contributed by atoms with E-state index in [4.69, 9.17) is 4.74 Å². The topological polar surface area (TPSA) is 49.7 Å². The van der Waals surface area contributed by atoms with E-state index >= 15 is 0 Å². The van der Waals surface area contributed by atoms with Crippen LogP contribution < -0.4 is 0 Å². The molecule has 0 aromatic heterocycles. The van der Waals surface area contributed by atoms with Gasteiger partial charge in [-0.25, -0.2) is 0 Å². The van der Waals surface area contributed by atoms with E-state index in [1.165, 1.54) is 0 Å². The maximum atomic E-state index is 9.72. The molecule has 5 atom stereocenters. The highest BCUT2D eigenvalue weighted by atomic mass is 16.5. The Labute approximate surface area is 66.0 Å². The first kappa shape index (κ1) is 7.53. The first-order valence-corrected chi connectivity index (χ1v) is 4.11. The summed E-state index contributed by atoms with van der Waals surface area (Å²) in [5.74, 6) is -0.0451. The quantitative estimate of drug-likeness (QED) is 0.518. The largest absolute Gasteiger partial charge is 0.390 e. The molecule has 0 aromatic rings. The van der Waals surface area contributed by atoms with Gasteiger partial charge < -0.3 is 14.9 Å². The molecule has 1 saturated carbocycles. The molecule has 0 amide bonds. The van der Waals surface area contributed by atoms with Crippen LogP contribution in [0.5, 0.6) is 0 Å². The maximum absolute atomic E-state index is 9.72. The molecule has 0 aromatic carbocycles. The van der Waals surface area contributed by atoms with Crippen molar-refractivity contribution in [3.8, 4) is 0 Å². The van der Waals surface area contributed by atoms with Crippen molar-refractivity contribution in [2.24, 2.45) is 5.92 Å². The molecule has 3 nitrogen and oxygen atoms in total. The van der Waals surface area contributed by atoms with E-state index in [2.05, 4.69) is 0 Å². The van der Waals surface area contributed by atoms with E-state index < -0.39 is 11.7 Å². The Hall–Kier alpha value is -0.120. The average Bonchev–Trinajstić information content (AvgIpc) is 2.59. The molecule has 0 spiro atoms. The highest BCUT2D eigenvalue weighted by Gasteiger charge is 2.63. The number of ether oxygens (including phenoxy) is 1. The van der Waals surface area contributed by atoms with Crippen LogP contribution in [0.15, 0.2) is 0 Å². The first-order chi connectivity index (χ1) is 5.05. The van der Waals surface area contributed by atoms with Crippen LogP contribution in [0.4, 0.5) is 0 Å². The maximum Gasteiger partial charge on any atom is 0.0986 e. The molecule has 1 aliphatic carbocycles. The first-order valence-electron chi connectivity index (χ1n) is 4.11. The third-order valence-electron chi connectivity index (χ3n) is 3.07. The Morgan fingerprint density at radius 1 is 1.45 bits per heavy atom. The zero-order valence-corrected chi connectivity index (χ0v) is 6.82. The van der Waals surface area contributed by atoms with E-state index in [0.29, 0.717) is 6.42 Å². The lowest BCUT2D eigenvalue weighted by molar-refractivity contribution is -0.149. The van der Waals surface area contributed by atoms with Gasteiger partial charge in [0.2, 0.25) is 0 Å². The second-order valence-electron chi connectivity index (χ2n) is 3.80. The zero-order valence-electron chi connectivity index (χ0n) is 6.82. The monoisotopic (exact) mass is 158 g/mol. The SMILES string of the molecule is CC1O[C@H]2CC2(O)C(C)C1O. The number of rotatable bonds is 0. The summed E-state index contributed by atoms with van der Waals surface area (Å²) < 4.78 is 5.35. The van der Waals surface area contributed by atoms with Gasteiger partial charge in [0.05, 0.1) is 23.9 Å². The fourth-order valence-corrected chi connectivity index (χ4v) is 1.92. The average molecular weight is 158 g/mol. The van der Waals surface area contributed by atoms with Crippen LogP contribution in [0.25, 0.3) is 0 Å². The van der Waals surface area contributed by atoms with Gasteiger partial charge in [-0.2, -0.15) is 0 Å². The smallest absolute Gasteiger partial charge is 0.0986 e. The van der Waals surface area contributed by atoms with Crippen molar-refractivity contribution >= 4 is 0 Å². The van der Waals surface area contributed by atoms with Crippen molar-refractivity contribution in [2.45, 2.75) is 44.2 Å². The molecule has 2 rings (SSSR count). The van der Waals surface area contributed by atoms with Crippen molar-refractivity contribution < 1.29 is 14.9 Å². The Balaban J connectivity index is 2.16. The third-order valence-corrected chi connectivity index (χ3v) is 3.07. The minimum Gasteiger partial charge on any atom is -0.390 e. The van der Waals surface area contributed by atoms with Crippen LogP contribution in [0.2, 0.25) is 0 Å². The van der Waals surface area contributed by atoms with Gasteiger partial charge in [0.15, 0.2) is 0 Å². The number of hydrogen-bond donors (Lipinski definition) is 2. The van der Waals surface area contributed by atoms with Crippen LogP contribution in [0.1, 0.15) is 20.3 Å². The predicted molar refractivity (Wildman–Crippen MR) is 39.1 cm³/mol. The van der Waals surface area contributed by atoms with Gasteiger partial charge in [-0.1, -0.05) is 6.92 Å². The lowest BCUT2D eigenvalue weighted by atomic mass is 9.91. The van der Waals surface area contributed by atoms with Gasteiger partial charge in [-0.15, -0.1) is 0 Å². The molecule has 0 bridgehead atoms. The Kier molecular flexibility index (Phi) is 1.35. The van der Waals surface area contributed by atoms with Crippen molar-refractivity contribution in [2.75, 3.05) is 0 Å². The fraction of sp³-hybridized carbons (Fsp3) is 1.00. The summed E-state index contributed by atoms with van der Waals surface area (Å²) in [6.45, 7) is 3.72. The highest BCUT2D eigenvalue weighted by Crippen LogP contribution is 2.50. The molecule has 1 saturated heterocycles. The molecule has 2 fully saturated rings. The summed E-state index contributed by atoms with van der Waals surface area (Å²) >= 11 is 0. The van der Waals surface area contributed by atoms with Crippen molar-refractivity contribution in [3.63, 3.8) is 0 Å². The van der Waals surface area contributed by atoms with Crippen LogP contribution >= 0.6 is 0 Å². The van der Waals surface area contributed by atoms with E-state index in [-0.39, 0.29) is 18.1 Å². The van der Waals surface area contributed by atoms with Gasteiger partial charge in [0, 0.05) is 12.3 Å². The summed E-state index contributed by atoms with van der Waals surface area (Å²) in [7, 11) is 0. The summed E-state index contributed by atoms with van der Waals surface area (Å²) in [5.41, 5.74) is -0.716. The summed E-state index contributed by atoms with van der Waals surface area (Å²) in [6, 6.07) is 0. The standard InChI is InChI=1S/C8H14O3/c1-4-7(9)5(2)11-6-3-8(4,6)10/h4-7,9-10H,3H2,1-2H3/t4?,5?,6-,7?,8?/m0/s1. The zero-order chi connectivity index (χ0) is 8.22. The van der Waals surface area contributed by atoms with E-state index in [0.717, 1.165) is 0 Å². The van der Waals surface area contributed by atoms with E-state index in [9.17, 15) is 10.2 Å². The van der Waals surface area contributed by atoms with Crippen molar-refractivity contribution in [1.82, 2.24) is 0 Å². The Bertz CT molecular complexity index is 182. The molecule has 0 radical (unpaired) electrons. The van der Waals surface area contributed by atoms with Gasteiger partial charge in [0.25, 0.3) is 0 Å². The molecule has 1 heterocycles. The summed E-state index contributed by atoms with van der Waals surface area (Å²) in [5, 5.41) is 19.2. The number of aliphatic hydroxyl groups excluding tert-OH is 1. The minimum absolute atomic E-state index is 0.0177. The van der Waals surface area contributed by atoms with Crippen LogP contribution in [-0.4, -0.2) is 34.1 Å². The van der Waals surface area contributed by atoms with Gasteiger partial charge in [-0.05, 0) is 6.92 Å². The lowest BCUT2D eigenvalue weighted by Crippen LogP contribution is -2.46. The number of hydrogen-bond acceptors (Lipinski definition) is 3. The van der Waals surface area contributed by atoms with Gasteiger partial charge in [-0.3, -0.25) is 0 Å². The van der Waals surface area contributed by atoms with Crippen molar-refractivity contribution in [1.29, 1.82) is 0 Å². The molecular weight excluding hydrogens is 144 g/mol. The van der Waals surface area contributed by atoms with Gasteiger partial charge >= 0.3 is 0 Å². The second-order valence-corrected chi connectivity index (χ2v) is 3.80. The summed E-state index contributed by atoms with van der Waals surface area (Å²) in [4.78, 5) is 0. The molecule has 4 unspecified atom stereocenters.